The Morgan fingerprint density at radius 1 is 1.11 bits per heavy atom. The third-order valence-corrected chi connectivity index (χ3v) is 0.611. The van der Waals surface area contributed by atoms with E-state index in [-0.39, 0.29) is 7.69 Å². The molecule has 5 heteroatoms. The first-order chi connectivity index (χ1) is 4.13. The summed E-state index contributed by atoms with van der Waals surface area (Å²) in [6.07, 6.45) is 0. The molecular weight excluding hydrogens is 112 g/mol. The molecule has 0 aromatic carbocycles. The molecule has 0 aromatic rings. The number of hydrogen-bond acceptors (Lipinski definition) is 2. The molecule has 0 amide bonds. The van der Waals surface area contributed by atoms with Gasteiger partial charge in [-0.3, -0.25) is 0 Å². The topological polar surface area (TPSA) is 18.5 Å². The SMILES string of the molecule is BC(=C)OBOC(B)=C. The van der Waals surface area contributed by atoms with Crippen molar-refractivity contribution < 1.29 is 9.31 Å². The van der Waals surface area contributed by atoms with Crippen LogP contribution in [0, 0.1) is 0 Å². The maximum absolute atomic E-state index is 4.88. The van der Waals surface area contributed by atoms with Gasteiger partial charge in [-0.15, -0.1) is 0 Å². The highest BCUT2D eigenvalue weighted by atomic mass is 16.6. The molecule has 0 aromatic heterocycles. The first-order valence-electron chi connectivity index (χ1n) is 2.69. The molecule has 0 heterocycles. The van der Waals surface area contributed by atoms with Crippen LogP contribution >= 0.6 is 0 Å². The summed E-state index contributed by atoms with van der Waals surface area (Å²) in [5.41, 5.74) is 1.30. The molecule has 0 radical (unpaired) electrons. The fraction of sp³-hybridized carbons (Fsp3) is 0. The standard InChI is InChI=1S/C4H9B3O2/c1-3(5)8-7-9-4(2)6/h7H,1-2,5-6H2. The minimum atomic E-state index is 0.213. The summed E-state index contributed by atoms with van der Waals surface area (Å²) in [6.45, 7) is 7.04. The molecule has 0 rings (SSSR count). The average molecular weight is 122 g/mol. The second kappa shape index (κ2) is 4.18. The molecule has 0 aliphatic heterocycles. The van der Waals surface area contributed by atoms with Gasteiger partial charge >= 0.3 is 7.69 Å². The second-order valence-electron chi connectivity index (χ2n) is 1.81. The first kappa shape index (κ1) is 8.27. The van der Waals surface area contributed by atoms with E-state index < -0.39 is 0 Å². The summed E-state index contributed by atoms with van der Waals surface area (Å²) >= 11 is 0. The van der Waals surface area contributed by atoms with Crippen molar-refractivity contribution in [3.63, 3.8) is 0 Å². The fourth-order valence-corrected chi connectivity index (χ4v) is 0.231. The van der Waals surface area contributed by atoms with Crippen molar-refractivity contribution in [3.8, 4) is 0 Å². The van der Waals surface area contributed by atoms with Crippen LogP contribution in [-0.2, 0) is 9.31 Å². The third kappa shape index (κ3) is 7.27. The molecular formula is C4H9B3O2. The third-order valence-electron chi connectivity index (χ3n) is 0.611. The van der Waals surface area contributed by atoms with Crippen LogP contribution in [0.4, 0.5) is 0 Å². The van der Waals surface area contributed by atoms with Gasteiger partial charge in [0.05, 0.1) is 0 Å². The van der Waals surface area contributed by atoms with Crippen molar-refractivity contribution in [2.24, 2.45) is 0 Å². The van der Waals surface area contributed by atoms with E-state index in [0.29, 0.717) is 11.3 Å². The predicted octanol–water partition coefficient (Wildman–Crippen LogP) is -1.51. The number of hydrogen-bond donors (Lipinski definition) is 0. The smallest absolute Gasteiger partial charge is 0.542 e. The van der Waals surface area contributed by atoms with Crippen LogP contribution in [0.5, 0.6) is 0 Å². The molecule has 2 nitrogen and oxygen atoms in total. The zero-order valence-electron chi connectivity index (χ0n) is 5.94. The molecule has 0 fully saturated rings. The largest absolute Gasteiger partial charge is 0.574 e. The van der Waals surface area contributed by atoms with Gasteiger partial charge in [0.15, 0.2) is 15.7 Å². The molecule has 0 aliphatic rings. The quantitative estimate of drug-likeness (QED) is 0.333. The van der Waals surface area contributed by atoms with Crippen LogP contribution in [-0.4, -0.2) is 23.4 Å². The Hall–Kier alpha value is -0.725. The van der Waals surface area contributed by atoms with Gasteiger partial charge in [-0.2, -0.15) is 0 Å². The molecule has 46 valence electrons. The highest BCUT2D eigenvalue weighted by molar-refractivity contribution is 6.29. The second-order valence-corrected chi connectivity index (χ2v) is 1.81. The van der Waals surface area contributed by atoms with E-state index in [1.165, 1.54) is 0 Å². The van der Waals surface area contributed by atoms with Crippen molar-refractivity contribution in [1.29, 1.82) is 0 Å². The average Bonchev–Trinajstić information content (AvgIpc) is 1.63. The van der Waals surface area contributed by atoms with Gasteiger partial charge in [-0.1, -0.05) is 13.2 Å². The predicted molar refractivity (Wildman–Crippen MR) is 44.7 cm³/mol. The molecule has 0 saturated carbocycles. The summed E-state index contributed by atoms with van der Waals surface area (Å²) in [4.78, 5) is 0. The zero-order chi connectivity index (χ0) is 7.28. The van der Waals surface area contributed by atoms with E-state index in [1.807, 2.05) is 0 Å². The normalized spacial score (nSPS) is 7.56. The van der Waals surface area contributed by atoms with Crippen LogP contribution in [0.3, 0.4) is 0 Å². The Kier molecular flexibility index (Phi) is 3.85. The summed E-state index contributed by atoms with van der Waals surface area (Å²) in [5, 5.41) is 0. The lowest BCUT2D eigenvalue weighted by Gasteiger charge is -2.04. The van der Waals surface area contributed by atoms with Crippen LogP contribution in [0.15, 0.2) is 24.5 Å². The molecule has 0 saturated heterocycles. The minimum Gasteiger partial charge on any atom is -0.542 e. The Morgan fingerprint density at radius 3 is 1.67 bits per heavy atom. The van der Waals surface area contributed by atoms with Gasteiger partial charge in [0, 0.05) is 11.3 Å². The monoisotopic (exact) mass is 122 g/mol. The molecule has 9 heavy (non-hydrogen) atoms. The Balaban J connectivity index is 3.10. The minimum absolute atomic E-state index is 0.213. The van der Waals surface area contributed by atoms with Crippen molar-refractivity contribution in [2.75, 3.05) is 0 Å². The Morgan fingerprint density at radius 2 is 1.44 bits per heavy atom. The lowest BCUT2D eigenvalue weighted by molar-refractivity contribution is 0.359. The Labute approximate surface area is 58.0 Å². The van der Waals surface area contributed by atoms with Crippen LogP contribution in [0.25, 0.3) is 0 Å². The van der Waals surface area contributed by atoms with E-state index in [1.54, 1.807) is 15.7 Å². The highest BCUT2D eigenvalue weighted by Gasteiger charge is 1.91. The van der Waals surface area contributed by atoms with Crippen LogP contribution in [0.2, 0.25) is 0 Å². The maximum Gasteiger partial charge on any atom is 0.574 e. The van der Waals surface area contributed by atoms with E-state index in [2.05, 4.69) is 13.2 Å². The Bertz CT molecular complexity index is 109. The van der Waals surface area contributed by atoms with Crippen LogP contribution in [0.1, 0.15) is 0 Å². The highest BCUT2D eigenvalue weighted by Crippen LogP contribution is 1.86. The van der Waals surface area contributed by atoms with Gasteiger partial charge in [-0.05, 0) is 0 Å². The molecule has 0 unspecified atom stereocenters. The van der Waals surface area contributed by atoms with E-state index >= 15 is 0 Å². The van der Waals surface area contributed by atoms with Gasteiger partial charge in [0.1, 0.15) is 0 Å². The summed E-state index contributed by atoms with van der Waals surface area (Å²) in [6, 6.07) is 0. The van der Waals surface area contributed by atoms with Crippen LogP contribution < -0.4 is 0 Å². The zero-order valence-corrected chi connectivity index (χ0v) is 5.94. The molecule has 0 spiro atoms. The van der Waals surface area contributed by atoms with Crippen molar-refractivity contribution in [1.82, 2.24) is 0 Å². The van der Waals surface area contributed by atoms with Crippen molar-refractivity contribution >= 4 is 23.4 Å². The summed E-state index contributed by atoms with van der Waals surface area (Å²) in [5.74, 6) is 0. The van der Waals surface area contributed by atoms with Crippen molar-refractivity contribution in [3.05, 3.63) is 24.5 Å². The van der Waals surface area contributed by atoms with E-state index in [0.717, 1.165) is 0 Å². The van der Waals surface area contributed by atoms with E-state index in [9.17, 15) is 0 Å². The molecule has 0 N–H and O–H groups in total. The lowest BCUT2D eigenvalue weighted by Crippen LogP contribution is -2.03. The van der Waals surface area contributed by atoms with Gasteiger partial charge in [-0.25, -0.2) is 0 Å². The fourth-order valence-electron chi connectivity index (χ4n) is 0.231. The maximum atomic E-state index is 4.88. The van der Waals surface area contributed by atoms with Crippen molar-refractivity contribution in [2.45, 2.75) is 0 Å². The van der Waals surface area contributed by atoms with Gasteiger partial charge < -0.3 is 9.31 Å². The molecule has 0 aliphatic carbocycles. The first-order valence-corrected chi connectivity index (χ1v) is 2.69. The number of rotatable bonds is 4. The summed E-state index contributed by atoms with van der Waals surface area (Å²) in [7, 11) is 3.74. The van der Waals surface area contributed by atoms with Gasteiger partial charge in [0.2, 0.25) is 0 Å². The molecule has 0 atom stereocenters. The lowest BCUT2D eigenvalue weighted by atomic mass is 10.1. The molecule has 0 bridgehead atoms. The van der Waals surface area contributed by atoms with E-state index in [4.69, 9.17) is 9.31 Å². The van der Waals surface area contributed by atoms with Gasteiger partial charge in [0.25, 0.3) is 0 Å². The summed E-state index contributed by atoms with van der Waals surface area (Å²) < 4.78 is 9.75.